The quantitative estimate of drug-likeness (QED) is 0.808. The zero-order valence-electron chi connectivity index (χ0n) is 11.1. The van der Waals surface area contributed by atoms with Crippen LogP contribution in [-0.4, -0.2) is 10.2 Å². The number of allylic oxidation sites excluding steroid dienone is 1. The average molecular weight is 254 g/mol. The number of hydrogen-bond donors (Lipinski definition) is 2. The van der Waals surface area contributed by atoms with Crippen molar-refractivity contribution < 1.29 is 10.2 Å². The molecular formula is C17H18O2. The first-order valence-electron chi connectivity index (χ1n) is 6.40. The fourth-order valence-electron chi connectivity index (χ4n) is 2.11. The van der Waals surface area contributed by atoms with Gasteiger partial charge in [0.1, 0.15) is 11.5 Å². The Morgan fingerprint density at radius 3 is 2.00 bits per heavy atom. The molecule has 0 aliphatic heterocycles. The van der Waals surface area contributed by atoms with E-state index in [0.29, 0.717) is 11.1 Å². The molecule has 0 radical (unpaired) electrons. The predicted molar refractivity (Wildman–Crippen MR) is 78.5 cm³/mol. The first-order valence-corrected chi connectivity index (χ1v) is 6.40. The van der Waals surface area contributed by atoms with E-state index >= 15 is 0 Å². The van der Waals surface area contributed by atoms with Crippen molar-refractivity contribution in [3.63, 3.8) is 0 Å². The van der Waals surface area contributed by atoms with Crippen molar-refractivity contribution in [3.8, 4) is 22.6 Å². The first-order chi connectivity index (χ1) is 9.15. The second-order valence-electron chi connectivity index (χ2n) is 4.55. The van der Waals surface area contributed by atoms with Gasteiger partial charge in [0.05, 0.1) is 0 Å². The molecule has 0 aliphatic carbocycles. The van der Waals surface area contributed by atoms with Crippen LogP contribution in [0.3, 0.4) is 0 Å². The van der Waals surface area contributed by atoms with Crippen LogP contribution < -0.4 is 0 Å². The fraction of sp³-hybridized carbons (Fsp3) is 0.176. The number of aromatic hydroxyl groups is 2. The van der Waals surface area contributed by atoms with E-state index in [0.717, 1.165) is 24.0 Å². The standard InChI is InChI=1S/C17H18O2/c1-3-5-13-7-9-17(19)15(11-13)14-10-12(4-2)6-8-16(14)18/h3,6-11,18-19H,1,4-5H2,2H3. The highest BCUT2D eigenvalue weighted by Gasteiger charge is 2.10. The Kier molecular flexibility index (Phi) is 3.91. The van der Waals surface area contributed by atoms with Gasteiger partial charge in [0.2, 0.25) is 0 Å². The number of hydrogen-bond acceptors (Lipinski definition) is 2. The maximum Gasteiger partial charge on any atom is 0.123 e. The van der Waals surface area contributed by atoms with E-state index in [1.165, 1.54) is 0 Å². The van der Waals surface area contributed by atoms with Gasteiger partial charge in [-0.15, -0.1) is 6.58 Å². The molecule has 98 valence electrons. The number of rotatable bonds is 4. The summed E-state index contributed by atoms with van der Waals surface area (Å²) in [7, 11) is 0. The van der Waals surface area contributed by atoms with Crippen molar-refractivity contribution in [1.82, 2.24) is 0 Å². The molecule has 0 atom stereocenters. The highest BCUT2D eigenvalue weighted by molar-refractivity contribution is 5.76. The van der Waals surface area contributed by atoms with Crippen LogP contribution in [0, 0.1) is 0 Å². The van der Waals surface area contributed by atoms with E-state index < -0.39 is 0 Å². The normalized spacial score (nSPS) is 10.4. The smallest absolute Gasteiger partial charge is 0.123 e. The van der Waals surface area contributed by atoms with Gasteiger partial charge in [-0.05, 0) is 48.2 Å². The summed E-state index contributed by atoms with van der Waals surface area (Å²) in [6.07, 6.45) is 3.44. The lowest BCUT2D eigenvalue weighted by Gasteiger charge is -2.10. The minimum atomic E-state index is 0.177. The molecule has 2 aromatic rings. The molecule has 0 unspecified atom stereocenters. The summed E-state index contributed by atoms with van der Waals surface area (Å²) < 4.78 is 0. The van der Waals surface area contributed by atoms with Crippen LogP contribution in [0.15, 0.2) is 49.1 Å². The molecule has 2 rings (SSSR count). The van der Waals surface area contributed by atoms with Crippen LogP contribution in [0.2, 0.25) is 0 Å². The van der Waals surface area contributed by atoms with E-state index in [9.17, 15) is 10.2 Å². The molecular weight excluding hydrogens is 236 g/mol. The molecule has 0 saturated heterocycles. The molecule has 0 aliphatic rings. The fourth-order valence-corrected chi connectivity index (χ4v) is 2.11. The lowest BCUT2D eigenvalue weighted by atomic mass is 9.97. The second-order valence-corrected chi connectivity index (χ2v) is 4.55. The summed E-state index contributed by atoms with van der Waals surface area (Å²) in [5, 5.41) is 20.0. The molecule has 2 nitrogen and oxygen atoms in total. The molecule has 0 bridgehead atoms. The van der Waals surface area contributed by atoms with Gasteiger partial charge in [0, 0.05) is 11.1 Å². The van der Waals surface area contributed by atoms with Crippen LogP contribution in [-0.2, 0) is 12.8 Å². The molecule has 2 N–H and O–H groups in total. The zero-order chi connectivity index (χ0) is 13.8. The van der Waals surface area contributed by atoms with Gasteiger partial charge in [-0.2, -0.15) is 0 Å². The van der Waals surface area contributed by atoms with E-state index in [1.807, 2.05) is 30.3 Å². The lowest BCUT2D eigenvalue weighted by Crippen LogP contribution is -1.88. The minimum Gasteiger partial charge on any atom is -0.507 e. The van der Waals surface area contributed by atoms with Crippen molar-refractivity contribution in [2.75, 3.05) is 0 Å². The van der Waals surface area contributed by atoms with Crippen LogP contribution in [0.1, 0.15) is 18.1 Å². The Balaban J connectivity index is 2.56. The van der Waals surface area contributed by atoms with Crippen molar-refractivity contribution in [3.05, 3.63) is 60.2 Å². The van der Waals surface area contributed by atoms with Gasteiger partial charge in [0.25, 0.3) is 0 Å². The monoisotopic (exact) mass is 254 g/mol. The van der Waals surface area contributed by atoms with Crippen molar-refractivity contribution in [1.29, 1.82) is 0 Å². The predicted octanol–water partition coefficient (Wildman–Crippen LogP) is 4.06. The van der Waals surface area contributed by atoms with Gasteiger partial charge in [0.15, 0.2) is 0 Å². The van der Waals surface area contributed by atoms with Gasteiger partial charge >= 0.3 is 0 Å². The Labute approximate surface area is 113 Å². The van der Waals surface area contributed by atoms with E-state index in [4.69, 9.17) is 0 Å². The number of aryl methyl sites for hydroxylation is 1. The zero-order valence-corrected chi connectivity index (χ0v) is 11.1. The Morgan fingerprint density at radius 2 is 1.47 bits per heavy atom. The molecule has 0 heterocycles. The van der Waals surface area contributed by atoms with Crippen LogP contribution >= 0.6 is 0 Å². The van der Waals surface area contributed by atoms with Crippen LogP contribution in [0.25, 0.3) is 11.1 Å². The van der Waals surface area contributed by atoms with Gasteiger partial charge in [-0.3, -0.25) is 0 Å². The number of phenolic OH excluding ortho intramolecular Hbond substituents is 2. The van der Waals surface area contributed by atoms with Gasteiger partial charge in [-0.1, -0.05) is 25.1 Å². The highest BCUT2D eigenvalue weighted by atomic mass is 16.3. The lowest BCUT2D eigenvalue weighted by molar-refractivity contribution is 0.469. The first kappa shape index (κ1) is 13.2. The third-order valence-electron chi connectivity index (χ3n) is 3.20. The molecule has 2 aromatic carbocycles. The topological polar surface area (TPSA) is 40.5 Å². The summed E-state index contributed by atoms with van der Waals surface area (Å²) >= 11 is 0. The van der Waals surface area contributed by atoms with Crippen molar-refractivity contribution in [2.45, 2.75) is 19.8 Å². The Hall–Kier alpha value is -2.22. The molecule has 2 heteroatoms. The summed E-state index contributed by atoms with van der Waals surface area (Å²) in [4.78, 5) is 0. The average Bonchev–Trinajstić information content (AvgIpc) is 2.42. The van der Waals surface area contributed by atoms with E-state index in [-0.39, 0.29) is 11.5 Å². The van der Waals surface area contributed by atoms with E-state index in [2.05, 4.69) is 13.5 Å². The van der Waals surface area contributed by atoms with Gasteiger partial charge in [-0.25, -0.2) is 0 Å². The maximum absolute atomic E-state index is 10.0. The molecule has 0 amide bonds. The van der Waals surface area contributed by atoms with Crippen molar-refractivity contribution >= 4 is 0 Å². The SMILES string of the molecule is C=CCc1ccc(O)c(-c2cc(CC)ccc2O)c1. The molecule has 0 spiro atoms. The van der Waals surface area contributed by atoms with Crippen molar-refractivity contribution in [2.24, 2.45) is 0 Å². The largest absolute Gasteiger partial charge is 0.507 e. The second kappa shape index (κ2) is 5.61. The van der Waals surface area contributed by atoms with Crippen LogP contribution in [0.4, 0.5) is 0 Å². The maximum atomic E-state index is 10.0. The van der Waals surface area contributed by atoms with Crippen LogP contribution in [0.5, 0.6) is 11.5 Å². The molecule has 0 aromatic heterocycles. The highest BCUT2D eigenvalue weighted by Crippen LogP contribution is 2.36. The molecule has 0 fully saturated rings. The number of phenols is 2. The minimum absolute atomic E-state index is 0.177. The van der Waals surface area contributed by atoms with Gasteiger partial charge < -0.3 is 10.2 Å². The number of benzene rings is 2. The summed E-state index contributed by atoms with van der Waals surface area (Å²) in [6, 6.07) is 10.9. The molecule has 19 heavy (non-hydrogen) atoms. The van der Waals surface area contributed by atoms with E-state index in [1.54, 1.807) is 12.1 Å². The summed E-state index contributed by atoms with van der Waals surface area (Å²) in [6.45, 7) is 5.77. The summed E-state index contributed by atoms with van der Waals surface area (Å²) in [5.74, 6) is 0.361. The Bertz CT molecular complexity index is 600. The Morgan fingerprint density at radius 1 is 0.947 bits per heavy atom. The molecule has 0 saturated carbocycles. The third-order valence-corrected chi connectivity index (χ3v) is 3.20. The third kappa shape index (κ3) is 2.79. The summed E-state index contributed by atoms with van der Waals surface area (Å²) in [5.41, 5.74) is 3.51.